The predicted octanol–water partition coefficient (Wildman–Crippen LogP) is 5.20. The van der Waals surface area contributed by atoms with Crippen LogP contribution in [0.4, 0.5) is 5.69 Å². The van der Waals surface area contributed by atoms with Crippen molar-refractivity contribution in [2.45, 2.75) is 37.1 Å². The summed E-state index contributed by atoms with van der Waals surface area (Å²) in [7, 11) is 0. The maximum absolute atomic E-state index is 8.39. The molecule has 5 nitrogen and oxygen atoms in total. The van der Waals surface area contributed by atoms with E-state index in [1.54, 1.807) is 0 Å². The number of hydrogen-bond acceptors (Lipinski definition) is 5. The Bertz CT molecular complexity index is 990. The fourth-order valence-electron chi connectivity index (χ4n) is 3.66. The Hall–Kier alpha value is -2.57. The quantitative estimate of drug-likeness (QED) is 0.390. The van der Waals surface area contributed by atoms with Crippen molar-refractivity contribution in [3.63, 3.8) is 0 Å². The van der Waals surface area contributed by atoms with E-state index < -0.39 is 0 Å². The number of benzene rings is 2. The van der Waals surface area contributed by atoms with Crippen LogP contribution in [0, 0.1) is 5.41 Å². The molecule has 29 heavy (non-hydrogen) atoms. The molecule has 2 N–H and O–H groups in total. The third-order valence-electron chi connectivity index (χ3n) is 5.31. The lowest BCUT2D eigenvalue weighted by Crippen LogP contribution is -2.28. The Kier molecular flexibility index (Phi) is 6.02. The normalized spacial score (nSPS) is 14.7. The van der Waals surface area contributed by atoms with Gasteiger partial charge >= 0.3 is 0 Å². The molecular formula is C23H26N4OS. The zero-order valence-electron chi connectivity index (χ0n) is 16.6. The maximum atomic E-state index is 8.39. The first-order chi connectivity index (χ1) is 14.2. The van der Waals surface area contributed by atoms with Gasteiger partial charge in [0.15, 0.2) is 0 Å². The van der Waals surface area contributed by atoms with Crippen molar-refractivity contribution >= 4 is 24.0 Å². The van der Waals surface area contributed by atoms with Gasteiger partial charge in [0, 0.05) is 46.7 Å². The van der Waals surface area contributed by atoms with Crippen LogP contribution < -0.4 is 5.32 Å². The SMILES string of the molecule is CCC(=N)c1ccc(-c2ccnn2-c2ccc(S)cc2)cc1NC1CCOCC1. The van der Waals surface area contributed by atoms with Gasteiger partial charge in [-0.2, -0.15) is 5.10 Å². The van der Waals surface area contributed by atoms with Gasteiger partial charge in [0.1, 0.15) is 0 Å². The van der Waals surface area contributed by atoms with E-state index in [2.05, 4.69) is 41.2 Å². The molecule has 4 rings (SSSR count). The zero-order valence-corrected chi connectivity index (χ0v) is 17.5. The van der Waals surface area contributed by atoms with Crippen LogP contribution in [0.1, 0.15) is 31.7 Å². The molecule has 2 heterocycles. The summed E-state index contributed by atoms with van der Waals surface area (Å²) in [6.45, 7) is 3.59. The summed E-state index contributed by atoms with van der Waals surface area (Å²) in [5.74, 6) is 0. The second-order valence-electron chi connectivity index (χ2n) is 7.27. The highest BCUT2D eigenvalue weighted by molar-refractivity contribution is 7.80. The average Bonchev–Trinajstić information content (AvgIpc) is 3.24. The van der Waals surface area contributed by atoms with Crippen LogP contribution in [-0.4, -0.2) is 34.7 Å². The highest BCUT2D eigenvalue weighted by atomic mass is 32.1. The van der Waals surface area contributed by atoms with E-state index >= 15 is 0 Å². The molecule has 0 atom stereocenters. The molecule has 1 fully saturated rings. The molecule has 0 saturated carbocycles. The van der Waals surface area contributed by atoms with Crippen molar-refractivity contribution in [3.8, 4) is 16.9 Å². The fourth-order valence-corrected chi connectivity index (χ4v) is 3.81. The van der Waals surface area contributed by atoms with Gasteiger partial charge in [0.2, 0.25) is 0 Å². The fraction of sp³-hybridized carbons (Fsp3) is 0.304. The van der Waals surface area contributed by atoms with E-state index in [1.807, 2.05) is 48.1 Å². The van der Waals surface area contributed by atoms with Gasteiger partial charge in [0.05, 0.1) is 17.6 Å². The molecule has 0 radical (unpaired) electrons. The van der Waals surface area contributed by atoms with Crippen LogP contribution in [0.25, 0.3) is 16.9 Å². The molecule has 3 aromatic rings. The summed E-state index contributed by atoms with van der Waals surface area (Å²) in [4.78, 5) is 0.924. The third-order valence-corrected chi connectivity index (χ3v) is 5.61. The van der Waals surface area contributed by atoms with Gasteiger partial charge < -0.3 is 15.5 Å². The summed E-state index contributed by atoms with van der Waals surface area (Å²) in [5.41, 5.74) is 5.70. The number of thiol groups is 1. The molecule has 2 aromatic carbocycles. The first-order valence-corrected chi connectivity index (χ1v) is 10.5. The Labute approximate surface area is 177 Å². The van der Waals surface area contributed by atoms with Crippen molar-refractivity contribution < 1.29 is 4.74 Å². The molecular weight excluding hydrogens is 380 g/mol. The number of hydrogen-bond donors (Lipinski definition) is 3. The molecule has 1 aliphatic rings. The van der Waals surface area contributed by atoms with Gasteiger partial charge in [-0.3, -0.25) is 0 Å². The van der Waals surface area contributed by atoms with Crippen LogP contribution in [0.15, 0.2) is 59.6 Å². The summed E-state index contributed by atoms with van der Waals surface area (Å²) >= 11 is 4.37. The third kappa shape index (κ3) is 4.38. The van der Waals surface area contributed by atoms with Gasteiger partial charge in [-0.25, -0.2) is 4.68 Å². The number of ether oxygens (including phenoxy) is 1. The van der Waals surface area contributed by atoms with E-state index in [0.29, 0.717) is 18.2 Å². The lowest BCUT2D eigenvalue weighted by molar-refractivity contribution is 0.0904. The van der Waals surface area contributed by atoms with Gasteiger partial charge in [0.25, 0.3) is 0 Å². The molecule has 0 aliphatic carbocycles. The van der Waals surface area contributed by atoms with E-state index in [1.165, 1.54) is 0 Å². The lowest BCUT2D eigenvalue weighted by Gasteiger charge is -2.26. The summed E-state index contributed by atoms with van der Waals surface area (Å²) < 4.78 is 7.43. The summed E-state index contributed by atoms with van der Waals surface area (Å²) in [6.07, 6.45) is 4.49. The van der Waals surface area contributed by atoms with Crippen LogP contribution in [0.2, 0.25) is 0 Å². The van der Waals surface area contributed by atoms with E-state index in [4.69, 9.17) is 10.1 Å². The van der Waals surface area contributed by atoms with Crippen LogP contribution in [0.3, 0.4) is 0 Å². The number of nitrogens with zero attached hydrogens (tertiary/aromatic N) is 2. The molecule has 1 aromatic heterocycles. The molecule has 1 saturated heterocycles. The lowest BCUT2D eigenvalue weighted by atomic mass is 10.00. The van der Waals surface area contributed by atoms with E-state index in [-0.39, 0.29) is 0 Å². The number of nitrogens with one attached hydrogen (secondary N) is 2. The van der Waals surface area contributed by atoms with Crippen molar-refractivity contribution in [3.05, 3.63) is 60.3 Å². The number of aromatic nitrogens is 2. The van der Waals surface area contributed by atoms with E-state index in [0.717, 1.165) is 59.1 Å². The smallest absolute Gasteiger partial charge is 0.0741 e. The molecule has 150 valence electrons. The van der Waals surface area contributed by atoms with Crippen molar-refractivity contribution in [1.82, 2.24) is 9.78 Å². The maximum Gasteiger partial charge on any atom is 0.0741 e. The minimum atomic E-state index is 0.371. The molecule has 0 unspecified atom stereocenters. The molecule has 1 aliphatic heterocycles. The van der Waals surface area contributed by atoms with Crippen molar-refractivity contribution in [2.24, 2.45) is 0 Å². The van der Waals surface area contributed by atoms with Gasteiger partial charge in [-0.05, 0) is 55.7 Å². The van der Waals surface area contributed by atoms with Crippen molar-refractivity contribution in [2.75, 3.05) is 18.5 Å². The van der Waals surface area contributed by atoms with Crippen LogP contribution >= 0.6 is 12.6 Å². The molecule has 6 heteroatoms. The van der Waals surface area contributed by atoms with Crippen molar-refractivity contribution in [1.29, 1.82) is 5.41 Å². The molecule has 0 amide bonds. The highest BCUT2D eigenvalue weighted by Crippen LogP contribution is 2.29. The zero-order chi connectivity index (χ0) is 20.2. The summed E-state index contributed by atoms with van der Waals surface area (Å²) in [6, 6.07) is 16.6. The van der Waals surface area contributed by atoms with Crippen LogP contribution in [0.5, 0.6) is 0 Å². The monoisotopic (exact) mass is 406 g/mol. The first-order valence-electron chi connectivity index (χ1n) is 10.1. The Morgan fingerprint density at radius 3 is 2.66 bits per heavy atom. The number of anilines is 1. The van der Waals surface area contributed by atoms with Gasteiger partial charge in [-0.15, -0.1) is 12.6 Å². The minimum absolute atomic E-state index is 0.371. The topological polar surface area (TPSA) is 62.9 Å². The Morgan fingerprint density at radius 1 is 1.17 bits per heavy atom. The predicted molar refractivity (Wildman–Crippen MR) is 121 cm³/mol. The van der Waals surface area contributed by atoms with Gasteiger partial charge in [-0.1, -0.05) is 19.1 Å². The second kappa shape index (κ2) is 8.84. The summed E-state index contributed by atoms with van der Waals surface area (Å²) in [5, 5.41) is 16.6. The molecule has 0 bridgehead atoms. The van der Waals surface area contributed by atoms with E-state index in [9.17, 15) is 0 Å². The second-order valence-corrected chi connectivity index (χ2v) is 7.78. The van der Waals surface area contributed by atoms with Crippen LogP contribution in [-0.2, 0) is 4.74 Å². The Balaban J connectivity index is 1.71. The first kappa shape index (κ1) is 19.7. The standard InChI is InChI=1S/C23H26N4OS/c1-2-21(24)20-8-3-16(15-22(20)26-17-10-13-28-14-11-17)23-9-12-25-27(23)18-4-6-19(29)7-5-18/h3-9,12,15,17,24,26,29H,2,10-11,13-14H2,1H3. The average molecular weight is 407 g/mol. The highest BCUT2D eigenvalue weighted by Gasteiger charge is 2.17. The number of rotatable bonds is 6. The largest absolute Gasteiger partial charge is 0.382 e. The molecule has 0 spiro atoms. The Morgan fingerprint density at radius 2 is 1.93 bits per heavy atom. The minimum Gasteiger partial charge on any atom is -0.382 e.